The monoisotopic (exact) mass is 561 g/mol. The van der Waals surface area contributed by atoms with Gasteiger partial charge in [0.2, 0.25) is 0 Å². The third-order valence-corrected chi connectivity index (χ3v) is 8.60. The Labute approximate surface area is 244 Å². The molecule has 2 aromatic heterocycles. The third-order valence-electron chi connectivity index (χ3n) is 8.60. The number of amides is 1. The minimum atomic E-state index is 0.0220. The predicted molar refractivity (Wildman–Crippen MR) is 157 cm³/mol. The Morgan fingerprint density at radius 3 is 2.74 bits per heavy atom. The van der Waals surface area contributed by atoms with Crippen LogP contribution in [-0.4, -0.2) is 55.3 Å². The Hall–Kier alpha value is -4.61. The lowest BCUT2D eigenvalue weighted by atomic mass is 10.0. The maximum absolute atomic E-state index is 13.3. The fraction of sp³-hybridized carbons (Fsp3) is 0.324. The molecule has 0 radical (unpaired) electrons. The number of nitriles is 1. The normalized spacial score (nSPS) is 20.0. The number of carbonyl (C=O) groups excluding carboxylic acids is 1. The van der Waals surface area contributed by atoms with Gasteiger partial charge in [-0.15, -0.1) is 0 Å². The summed E-state index contributed by atoms with van der Waals surface area (Å²) in [5, 5.41) is 9.88. The highest BCUT2D eigenvalue weighted by Crippen LogP contribution is 2.39. The summed E-state index contributed by atoms with van der Waals surface area (Å²) >= 11 is 0. The van der Waals surface area contributed by atoms with E-state index < -0.39 is 0 Å². The number of allylic oxidation sites excluding steroid dienone is 1. The summed E-state index contributed by atoms with van der Waals surface area (Å²) in [4.78, 5) is 19.8. The van der Waals surface area contributed by atoms with Gasteiger partial charge in [-0.2, -0.15) is 5.26 Å². The Morgan fingerprint density at radius 2 is 1.93 bits per heavy atom. The number of hydrogen-bond donors (Lipinski definition) is 0. The van der Waals surface area contributed by atoms with E-state index in [4.69, 9.17) is 18.6 Å². The van der Waals surface area contributed by atoms with Gasteiger partial charge in [-0.05, 0) is 60.2 Å². The second-order valence-corrected chi connectivity index (χ2v) is 11.1. The summed E-state index contributed by atoms with van der Waals surface area (Å²) in [5.41, 5.74) is 4.74. The molecule has 42 heavy (non-hydrogen) atoms. The van der Waals surface area contributed by atoms with Gasteiger partial charge in [-0.1, -0.05) is 18.2 Å². The summed E-state index contributed by atoms with van der Waals surface area (Å²) in [6.07, 6.45) is 8.90. The van der Waals surface area contributed by atoms with Gasteiger partial charge < -0.3 is 23.5 Å². The molecule has 3 aliphatic rings. The van der Waals surface area contributed by atoms with E-state index in [1.807, 2.05) is 47.4 Å². The molecule has 8 nitrogen and oxygen atoms in total. The highest BCUT2D eigenvalue weighted by molar-refractivity contribution is 5.97. The molecule has 1 aliphatic carbocycles. The van der Waals surface area contributed by atoms with E-state index in [1.54, 1.807) is 19.4 Å². The lowest BCUT2D eigenvalue weighted by molar-refractivity contribution is 0.0254. The molecular formula is C34H31N3O5. The van der Waals surface area contributed by atoms with Gasteiger partial charge in [0.1, 0.15) is 34.9 Å². The van der Waals surface area contributed by atoms with Gasteiger partial charge in [0.15, 0.2) is 5.58 Å². The van der Waals surface area contributed by atoms with Gasteiger partial charge in [-0.25, -0.2) is 0 Å². The van der Waals surface area contributed by atoms with E-state index in [0.29, 0.717) is 64.5 Å². The van der Waals surface area contributed by atoms with Crippen LogP contribution in [0, 0.1) is 23.2 Å². The lowest BCUT2D eigenvalue weighted by Gasteiger charge is -2.23. The Morgan fingerprint density at radius 1 is 1.05 bits per heavy atom. The maximum atomic E-state index is 13.3. The zero-order valence-corrected chi connectivity index (χ0v) is 23.4. The number of benzene rings is 2. The fourth-order valence-electron chi connectivity index (χ4n) is 6.33. The molecule has 0 bridgehead atoms. The Balaban J connectivity index is 1.18. The number of likely N-dealkylation sites (tertiary alicyclic amines) is 1. The quantitative estimate of drug-likeness (QED) is 0.257. The van der Waals surface area contributed by atoms with Crippen molar-refractivity contribution in [1.29, 1.82) is 5.26 Å². The molecule has 8 heteroatoms. The standard InChI is InChI=1S/C34H31N3O5/c1-39-31-16-22(34(38)37-19-23-3-2-4-24(23)20-37)5-7-28(31)32-17-29-33(42-32)27(9-12-36-29)21-6-8-30(25(15-21)18-35)41-26-10-13-40-14-11-26/h2-3,5-9,12,15-17,23-24,26H,4,10-11,13-14,19-20H2,1H3. The zero-order valence-electron chi connectivity index (χ0n) is 23.4. The molecule has 4 heterocycles. The number of hydrogen-bond acceptors (Lipinski definition) is 7. The molecule has 7 rings (SSSR count). The van der Waals surface area contributed by atoms with Crippen molar-refractivity contribution in [2.45, 2.75) is 25.4 Å². The molecule has 2 aromatic carbocycles. The number of pyridine rings is 1. The van der Waals surface area contributed by atoms with Crippen molar-refractivity contribution in [1.82, 2.24) is 9.88 Å². The van der Waals surface area contributed by atoms with Crippen molar-refractivity contribution in [2.24, 2.45) is 11.8 Å². The Bertz CT molecular complexity index is 1730. The average molecular weight is 562 g/mol. The van der Waals surface area contributed by atoms with Gasteiger partial charge in [0, 0.05) is 49.3 Å². The van der Waals surface area contributed by atoms with E-state index in [1.165, 1.54) is 0 Å². The molecule has 0 spiro atoms. The second-order valence-electron chi connectivity index (χ2n) is 11.1. The van der Waals surface area contributed by atoms with Gasteiger partial charge in [0.05, 0.1) is 31.5 Å². The van der Waals surface area contributed by atoms with E-state index in [0.717, 1.165) is 49.0 Å². The highest BCUT2D eigenvalue weighted by Gasteiger charge is 2.36. The van der Waals surface area contributed by atoms with Crippen LogP contribution in [0.25, 0.3) is 33.6 Å². The first kappa shape index (κ1) is 26.3. The van der Waals surface area contributed by atoms with Crippen LogP contribution in [0.4, 0.5) is 0 Å². The van der Waals surface area contributed by atoms with Crippen LogP contribution >= 0.6 is 0 Å². The number of nitrogens with zero attached hydrogens (tertiary/aromatic N) is 3. The molecule has 4 aromatic rings. The molecule has 1 amide bonds. The summed E-state index contributed by atoms with van der Waals surface area (Å²) in [6.45, 7) is 2.88. The summed E-state index contributed by atoms with van der Waals surface area (Å²) in [6, 6.07) is 17.2. The van der Waals surface area contributed by atoms with Crippen LogP contribution in [0.15, 0.2) is 71.3 Å². The average Bonchev–Trinajstić information content (AvgIpc) is 3.76. The van der Waals surface area contributed by atoms with E-state index in [9.17, 15) is 10.1 Å². The molecule has 212 valence electrons. The van der Waals surface area contributed by atoms with Crippen LogP contribution in [0.1, 0.15) is 35.2 Å². The van der Waals surface area contributed by atoms with Crippen molar-refractivity contribution in [3.05, 3.63) is 78.0 Å². The van der Waals surface area contributed by atoms with Crippen molar-refractivity contribution < 1.29 is 23.4 Å². The molecule has 2 fully saturated rings. The van der Waals surface area contributed by atoms with Crippen LogP contribution in [0.5, 0.6) is 11.5 Å². The largest absolute Gasteiger partial charge is 0.496 e. The van der Waals surface area contributed by atoms with Crippen LogP contribution in [0.2, 0.25) is 0 Å². The van der Waals surface area contributed by atoms with Gasteiger partial charge in [0.25, 0.3) is 5.91 Å². The number of rotatable bonds is 6. The van der Waals surface area contributed by atoms with Gasteiger partial charge in [-0.3, -0.25) is 9.78 Å². The number of carbonyl (C=O) groups is 1. The molecule has 2 atom stereocenters. The number of ether oxygens (including phenoxy) is 3. The smallest absolute Gasteiger partial charge is 0.254 e. The molecule has 0 N–H and O–H groups in total. The number of aromatic nitrogens is 1. The second kappa shape index (κ2) is 11.0. The van der Waals surface area contributed by atoms with E-state index in [-0.39, 0.29) is 12.0 Å². The van der Waals surface area contributed by atoms with Crippen LogP contribution in [0.3, 0.4) is 0 Å². The van der Waals surface area contributed by atoms with Crippen molar-refractivity contribution in [2.75, 3.05) is 33.4 Å². The number of methoxy groups -OCH3 is 1. The first-order valence-corrected chi connectivity index (χ1v) is 14.4. The SMILES string of the molecule is COc1cc(C(=O)N2CC3C=CCC3C2)ccc1-c1cc2nccc(-c3ccc(OC4CCOCC4)c(C#N)c3)c2o1. The lowest BCUT2D eigenvalue weighted by Crippen LogP contribution is -2.29. The summed E-state index contributed by atoms with van der Waals surface area (Å²) in [5.74, 6) is 2.74. The topological polar surface area (TPSA) is 97.8 Å². The van der Waals surface area contributed by atoms with E-state index in [2.05, 4.69) is 23.2 Å². The summed E-state index contributed by atoms with van der Waals surface area (Å²) in [7, 11) is 1.60. The minimum Gasteiger partial charge on any atom is -0.496 e. The molecule has 2 unspecified atom stereocenters. The zero-order chi connectivity index (χ0) is 28.6. The van der Waals surface area contributed by atoms with Crippen molar-refractivity contribution in [3.8, 4) is 40.0 Å². The van der Waals surface area contributed by atoms with Gasteiger partial charge >= 0.3 is 0 Å². The fourth-order valence-corrected chi connectivity index (χ4v) is 6.33. The first-order valence-electron chi connectivity index (χ1n) is 14.4. The van der Waals surface area contributed by atoms with Crippen molar-refractivity contribution >= 4 is 17.0 Å². The van der Waals surface area contributed by atoms with Crippen molar-refractivity contribution in [3.63, 3.8) is 0 Å². The molecule has 0 saturated carbocycles. The number of furan rings is 1. The first-order chi connectivity index (χ1) is 20.6. The van der Waals surface area contributed by atoms with E-state index >= 15 is 0 Å². The third kappa shape index (κ3) is 4.80. The van der Waals surface area contributed by atoms with Crippen LogP contribution in [-0.2, 0) is 4.74 Å². The molecule has 2 aliphatic heterocycles. The highest BCUT2D eigenvalue weighted by atomic mass is 16.5. The predicted octanol–water partition coefficient (Wildman–Crippen LogP) is 6.25. The minimum absolute atomic E-state index is 0.0220. The maximum Gasteiger partial charge on any atom is 0.254 e. The number of fused-ring (bicyclic) bond motifs is 2. The molecule has 2 saturated heterocycles. The summed E-state index contributed by atoms with van der Waals surface area (Å²) < 4.78 is 23.7. The van der Waals surface area contributed by atoms with Crippen LogP contribution < -0.4 is 9.47 Å². The molecular weight excluding hydrogens is 530 g/mol. The Kier molecular flexibility index (Phi) is 6.88.